The van der Waals surface area contributed by atoms with Gasteiger partial charge >= 0.3 is 0 Å². The molecule has 0 fully saturated rings. The molecule has 0 saturated heterocycles. The second-order valence-electron chi connectivity index (χ2n) is 16.4. The van der Waals surface area contributed by atoms with Gasteiger partial charge < -0.3 is 9.13 Å². The van der Waals surface area contributed by atoms with Crippen LogP contribution in [0.4, 0.5) is 0 Å². The number of hydrogen-bond donors (Lipinski definition) is 0. The number of fused-ring (bicyclic) bond motifs is 8. The Morgan fingerprint density at radius 2 is 0.750 bits per heavy atom. The number of aromatic nitrogens is 5. The van der Waals surface area contributed by atoms with Crippen LogP contribution < -0.4 is 0 Å². The molecule has 0 aliphatic carbocycles. The number of benzene rings is 10. The van der Waals surface area contributed by atoms with Crippen molar-refractivity contribution < 1.29 is 0 Å². The van der Waals surface area contributed by atoms with Crippen LogP contribution in [0.3, 0.4) is 0 Å². The summed E-state index contributed by atoms with van der Waals surface area (Å²) in [6.45, 7) is 0. The molecule has 0 radical (unpaired) electrons. The van der Waals surface area contributed by atoms with E-state index in [0.717, 1.165) is 49.9 Å². The zero-order valence-corrected chi connectivity index (χ0v) is 34.6. The molecule has 64 heavy (non-hydrogen) atoms. The molecule has 3 heterocycles. The summed E-state index contributed by atoms with van der Waals surface area (Å²) >= 11 is 0. The minimum Gasteiger partial charge on any atom is -0.309 e. The second kappa shape index (κ2) is 14.5. The van der Waals surface area contributed by atoms with Gasteiger partial charge in [-0.1, -0.05) is 164 Å². The summed E-state index contributed by atoms with van der Waals surface area (Å²) in [5.74, 6) is 1.93. The van der Waals surface area contributed by atoms with Gasteiger partial charge in [0, 0.05) is 49.3 Å². The average molecular weight is 816 g/mol. The Morgan fingerprint density at radius 1 is 0.266 bits per heavy atom. The number of nitrogens with zero attached hydrogens (tertiary/aromatic N) is 5. The van der Waals surface area contributed by atoms with Crippen molar-refractivity contribution in [1.82, 2.24) is 24.1 Å². The zero-order chi connectivity index (χ0) is 42.1. The zero-order valence-electron chi connectivity index (χ0n) is 34.6. The lowest BCUT2D eigenvalue weighted by molar-refractivity contribution is 1.08. The van der Waals surface area contributed by atoms with Crippen LogP contribution in [0.5, 0.6) is 0 Å². The van der Waals surface area contributed by atoms with Crippen LogP contribution in [-0.2, 0) is 0 Å². The van der Waals surface area contributed by atoms with Gasteiger partial charge in [-0.05, 0) is 87.9 Å². The van der Waals surface area contributed by atoms with Crippen LogP contribution in [0.15, 0.2) is 224 Å². The van der Waals surface area contributed by atoms with Crippen molar-refractivity contribution in [2.45, 2.75) is 0 Å². The van der Waals surface area contributed by atoms with Crippen molar-refractivity contribution in [1.29, 1.82) is 0 Å². The van der Waals surface area contributed by atoms with Crippen LogP contribution in [0, 0.1) is 0 Å². The quantitative estimate of drug-likeness (QED) is 0.168. The van der Waals surface area contributed by atoms with Gasteiger partial charge in [0.15, 0.2) is 17.5 Å². The number of para-hydroxylation sites is 2. The van der Waals surface area contributed by atoms with Gasteiger partial charge in [0.1, 0.15) is 0 Å². The molecule has 0 aliphatic heterocycles. The molecule has 0 saturated carbocycles. The minimum atomic E-state index is 0.639. The predicted octanol–water partition coefficient (Wildman–Crippen LogP) is 15.0. The van der Waals surface area contributed by atoms with Crippen molar-refractivity contribution in [2.24, 2.45) is 0 Å². The summed E-state index contributed by atoms with van der Waals surface area (Å²) < 4.78 is 4.82. The highest BCUT2D eigenvalue weighted by Gasteiger charge is 2.20. The Kier molecular flexibility index (Phi) is 8.15. The third-order valence-corrected chi connectivity index (χ3v) is 12.8. The lowest BCUT2D eigenvalue weighted by atomic mass is 10.0. The first-order valence-corrected chi connectivity index (χ1v) is 21.7. The van der Waals surface area contributed by atoms with Gasteiger partial charge in [-0.15, -0.1) is 0 Å². The van der Waals surface area contributed by atoms with Gasteiger partial charge in [0.2, 0.25) is 0 Å². The maximum atomic E-state index is 5.11. The summed E-state index contributed by atoms with van der Waals surface area (Å²) in [5.41, 5.74) is 12.2. The van der Waals surface area contributed by atoms with Crippen LogP contribution >= 0.6 is 0 Å². The third kappa shape index (κ3) is 5.75. The maximum absolute atomic E-state index is 5.11. The second-order valence-corrected chi connectivity index (χ2v) is 16.4. The Morgan fingerprint density at radius 3 is 1.39 bits per heavy atom. The van der Waals surface area contributed by atoms with E-state index in [9.17, 15) is 0 Å². The molecule has 298 valence electrons. The van der Waals surface area contributed by atoms with E-state index in [0.29, 0.717) is 17.5 Å². The molecule has 0 spiro atoms. The van der Waals surface area contributed by atoms with E-state index in [1.54, 1.807) is 0 Å². The van der Waals surface area contributed by atoms with Crippen LogP contribution in [-0.4, -0.2) is 24.1 Å². The van der Waals surface area contributed by atoms with Gasteiger partial charge in [0.05, 0.1) is 27.8 Å². The van der Waals surface area contributed by atoms with Crippen molar-refractivity contribution in [3.05, 3.63) is 224 Å². The molecule has 0 N–H and O–H groups in total. The lowest BCUT2D eigenvalue weighted by Gasteiger charge is -2.15. The van der Waals surface area contributed by atoms with Crippen molar-refractivity contribution >= 4 is 65.2 Å². The van der Waals surface area contributed by atoms with Crippen LogP contribution in [0.1, 0.15) is 0 Å². The fraction of sp³-hybridized carbons (Fsp3) is 0. The standard InChI is InChI=1S/C59H37N5/c1-3-16-39(17-4-1)57-60-58(40-18-5-2-6-19-40)62-59(61-57)49-31-34-54(46-22-10-9-21-45(46)49)64-53-26-14-12-24-48(53)51-37-43(29-33-56(51)64)42-28-32-55-50(36-42)47-23-11-13-25-52(47)63(55)44-30-27-38-15-7-8-20-41(38)35-44/h1-37H. The average Bonchev–Trinajstić information content (AvgIpc) is 3.88. The van der Waals surface area contributed by atoms with E-state index in [4.69, 9.17) is 15.0 Å². The Hall–Kier alpha value is -8.67. The van der Waals surface area contributed by atoms with Gasteiger partial charge in [0.25, 0.3) is 0 Å². The van der Waals surface area contributed by atoms with Gasteiger partial charge in [-0.3, -0.25) is 0 Å². The largest absolute Gasteiger partial charge is 0.309 e. The molecule has 0 atom stereocenters. The smallest absolute Gasteiger partial charge is 0.164 e. The van der Waals surface area contributed by atoms with Crippen molar-refractivity contribution in [3.8, 4) is 56.7 Å². The van der Waals surface area contributed by atoms with Gasteiger partial charge in [-0.2, -0.15) is 0 Å². The molecule has 13 rings (SSSR count). The summed E-state index contributed by atoms with van der Waals surface area (Å²) in [6, 6.07) is 80.0. The molecule has 13 aromatic rings. The monoisotopic (exact) mass is 815 g/mol. The Balaban J connectivity index is 0.959. The Labute approximate surface area is 368 Å². The first kappa shape index (κ1) is 36.0. The molecule has 5 nitrogen and oxygen atoms in total. The fourth-order valence-corrected chi connectivity index (χ4v) is 9.76. The van der Waals surface area contributed by atoms with Crippen LogP contribution in [0.25, 0.3) is 122 Å². The molecule has 10 aromatic carbocycles. The Bertz CT molecular complexity index is 3900. The molecule has 0 amide bonds. The molecular formula is C59H37N5. The number of hydrogen-bond acceptors (Lipinski definition) is 3. The molecular weight excluding hydrogens is 779 g/mol. The lowest BCUT2D eigenvalue weighted by Crippen LogP contribution is -2.01. The molecule has 3 aromatic heterocycles. The normalized spacial score (nSPS) is 11.8. The predicted molar refractivity (Wildman–Crippen MR) is 265 cm³/mol. The SMILES string of the molecule is c1ccc(-c2nc(-c3ccccc3)nc(-c3ccc(-n4c5ccccc5c5cc(-c6ccc7c(c6)c6ccccc6n7-c6ccc7ccccc7c6)ccc54)c4ccccc34)n2)cc1. The molecule has 5 heteroatoms. The first-order valence-electron chi connectivity index (χ1n) is 21.7. The third-order valence-electron chi connectivity index (χ3n) is 12.8. The van der Waals surface area contributed by atoms with E-state index in [-0.39, 0.29) is 0 Å². The highest BCUT2D eigenvalue weighted by Crippen LogP contribution is 2.41. The van der Waals surface area contributed by atoms with E-state index in [1.807, 2.05) is 60.7 Å². The summed E-state index contributed by atoms with van der Waals surface area (Å²) in [7, 11) is 0. The van der Waals surface area contributed by atoms with Crippen molar-refractivity contribution in [2.75, 3.05) is 0 Å². The van der Waals surface area contributed by atoms with Gasteiger partial charge in [-0.25, -0.2) is 15.0 Å². The van der Waals surface area contributed by atoms with Crippen molar-refractivity contribution in [3.63, 3.8) is 0 Å². The highest BCUT2D eigenvalue weighted by molar-refractivity contribution is 6.14. The molecule has 0 aliphatic rings. The van der Waals surface area contributed by atoms with E-state index < -0.39 is 0 Å². The summed E-state index contributed by atoms with van der Waals surface area (Å²) in [4.78, 5) is 15.2. The highest BCUT2D eigenvalue weighted by atomic mass is 15.0. The van der Waals surface area contributed by atoms with Crippen LogP contribution in [0.2, 0.25) is 0 Å². The topological polar surface area (TPSA) is 48.5 Å². The molecule has 0 bridgehead atoms. The minimum absolute atomic E-state index is 0.639. The first-order chi connectivity index (χ1) is 31.7. The molecule has 0 unspecified atom stereocenters. The fourth-order valence-electron chi connectivity index (χ4n) is 9.76. The summed E-state index contributed by atoms with van der Waals surface area (Å²) in [6.07, 6.45) is 0. The van der Waals surface area contributed by atoms with E-state index >= 15 is 0 Å². The van der Waals surface area contributed by atoms with E-state index in [1.165, 1.54) is 54.5 Å². The maximum Gasteiger partial charge on any atom is 0.164 e. The summed E-state index contributed by atoms with van der Waals surface area (Å²) in [5, 5.41) is 9.55. The number of rotatable bonds is 6. The van der Waals surface area contributed by atoms with E-state index in [2.05, 4.69) is 173 Å².